The second-order valence-electron chi connectivity index (χ2n) is 4.91. The third kappa shape index (κ3) is 3.62. The van der Waals surface area contributed by atoms with Crippen LogP contribution in [0.2, 0.25) is 0 Å². The quantitative estimate of drug-likeness (QED) is 0.465. The predicted molar refractivity (Wildman–Crippen MR) is 97.8 cm³/mol. The van der Waals surface area contributed by atoms with Crippen LogP contribution in [-0.4, -0.2) is 24.0 Å². The van der Waals surface area contributed by atoms with E-state index in [-0.39, 0.29) is 11.5 Å². The van der Waals surface area contributed by atoms with Crippen LogP contribution in [0, 0.1) is 12.3 Å². The minimum atomic E-state index is -0.216. The minimum Gasteiger partial charge on any atom is -0.296 e. The molecule has 0 unspecified atom stereocenters. The Balaban J connectivity index is 2.39. The van der Waals surface area contributed by atoms with Gasteiger partial charge in [-0.05, 0) is 43.6 Å². The summed E-state index contributed by atoms with van der Waals surface area (Å²) in [4.78, 5) is 15.0. The van der Waals surface area contributed by atoms with E-state index in [9.17, 15) is 4.79 Å². The van der Waals surface area contributed by atoms with Crippen molar-refractivity contribution < 1.29 is 4.79 Å². The maximum Gasteiger partial charge on any atom is 0.211 e. The van der Waals surface area contributed by atoms with Gasteiger partial charge in [-0.2, -0.15) is 0 Å². The van der Waals surface area contributed by atoms with Gasteiger partial charge in [-0.15, -0.1) is 23.5 Å². The van der Waals surface area contributed by atoms with Gasteiger partial charge in [-0.1, -0.05) is 30.4 Å². The Morgan fingerprint density at radius 3 is 2.50 bits per heavy atom. The van der Waals surface area contributed by atoms with E-state index in [4.69, 9.17) is 5.41 Å². The van der Waals surface area contributed by atoms with Gasteiger partial charge in [-0.3, -0.25) is 10.2 Å². The van der Waals surface area contributed by atoms with Gasteiger partial charge in [0.15, 0.2) is 0 Å². The highest BCUT2D eigenvalue weighted by Crippen LogP contribution is 2.31. The highest BCUT2D eigenvalue weighted by atomic mass is 32.2. The van der Waals surface area contributed by atoms with Gasteiger partial charge in [0.05, 0.1) is 0 Å². The average Bonchev–Trinajstić information content (AvgIpc) is 2.82. The monoisotopic (exact) mass is 329 g/mol. The smallest absolute Gasteiger partial charge is 0.211 e. The van der Waals surface area contributed by atoms with Crippen LogP contribution >= 0.6 is 23.5 Å². The van der Waals surface area contributed by atoms with E-state index >= 15 is 0 Å². The zero-order chi connectivity index (χ0) is 16.1. The number of carbonyl (C=O) groups excluding carboxylic acids is 1. The number of hydrogen-bond acceptors (Lipinski definition) is 4. The molecule has 114 valence electrons. The second kappa shape index (κ2) is 7.65. The first-order chi connectivity index (χ1) is 10.6. The lowest BCUT2D eigenvalue weighted by Crippen LogP contribution is -2.16. The molecule has 2 nitrogen and oxygen atoms in total. The number of benzene rings is 1. The van der Waals surface area contributed by atoms with E-state index < -0.39 is 0 Å². The summed E-state index contributed by atoms with van der Waals surface area (Å²) in [6.45, 7) is 1.93. The number of thioether (sulfide) groups is 2. The molecule has 0 amide bonds. The molecule has 2 rings (SSSR count). The Bertz CT molecular complexity index is 699. The van der Waals surface area contributed by atoms with E-state index in [1.165, 1.54) is 4.90 Å². The van der Waals surface area contributed by atoms with Crippen molar-refractivity contribution in [1.29, 1.82) is 5.41 Å². The second-order valence-corrected chi connectivity index (χ2v) is 6.61. The molecule has 0 saturated carbocycles. The molecule has 0 radical (unpaired) electrons. The van der Waals surface area contributed by atoms with E-state index in [0.717, 1.165) is 16.9 Å². The topological polar surface area (TPSA) is 40.9 Å². The van der Waals surface area contributed by atoms with Gasteiger partial charge < -0.3 is 0 Å². The number of allylic oxidation sites excluding steroid dienone is 6. The van der Waals surface area contributed by atoms with E-state index in [1.807, 2.05) is 61.9 Å². The zero-order valence-corrected chi connectivity index (χ0v) is 14.6. The van der Waals surface area contributed by atoms with E-state index in [1.54, 1.807) is 23.5 Å². The number of rotatable bonds is 5. The van der Waals surface area contributed by atoms with Crippen molar-refractivity contribution in [3.63, 3.8) is 0 Å². The molecule has 0 bridgehead atoms. The molecule has 1 aromatic rings. The van der Waals surface area contributed by atoms with E-state index in [0.29, 0.717) is 11.1 Å². The third-order valence-electron chi connectivity index (χ3n) is 3.47. The number of ketones is 1. The first-order valence-electron chi connectivity index (χ1n) is 6.98. The van der Waals surface area contributed by atoms with Crippen molar-refractivity contribution in [3.8, 4) is 0 Å². The maximum absolute atomic E-state index is 12.7. The molecule has 0 aliphatic heterocycles. The van der Waals surface area contributed by atoms with Gasteiger partial charge in [0.2, 0.25) is 5.78 Å². The largest absolute Gasteiger partial charge is 0.296 e. The van der Waals surface area contributed by atoms with Gasteiger partial charge in [0.1, 0.15) is 5.71 Å². The van der Waals surface area contributed by atoms with Gasteiger partial charge in [0.25, 0.3) is 0 Å². The molecule has 0 atom stereocenters. The number of carbonyl (C=O) groups is 1. The first-order valence-corrected chi connectivity index (χ1v) is 9.43. The fourth-order valence-electron chi connectivity index (χ4n) is 2.24. The van der Waals surface area contributed by atoms with E-state index in [2.05, 4.69) is 0 Å². The highest BCUT2D eigenvalue weighted by Gasteiger charge is 2.19. The molecule has 1 aliphatic carbocycles. The standard InChI is InChI=1S/C18H19NOS2/c1-12-10-15(21-2)16(22-3)11-14(12)18(20)17(19)13-8-6-4-5-7-9-13/h4,6-11,19H,5H2,1-3H3. The summed E-state index contributed by atoms with van der Waals surface area (Å²) in [5.41, 5.74) is 2.26. The van der Waals surface area contributed by atoms with Crippen LogP contribution < -0.4 is 0 Å². The molecular formula is C18H19NOS2. The molecule has 1 N–H and O–H groups in total. The number of nitrogens with one attached hydrogen (secondary N) is 1. The molecule has 0 fully saturated rings. The van der Waals surface area contributed by atoms with Gasteiger partial charge in [-0.25, -0.2) is 0 Å². The van der Waals surface area contributed by atoms with Crippen molar-refractivity contribution in [3.05, 3.63) is 59.2 Å². The summed E-state index contributed by atoms with van der Waals surface area (Å²) in [7, 11) is 0. The molecule has 0 saturated heterocycles. The lowest BCUT2D eigenvalue weighted by molar-refractivity contribution is 0.106. The summed E-state index contributed by atoms with van der Waals surface area (Å²) in [6.07, 6.45) is 14.4. The molecule has 0 heterocycles. The molecule has 4 heteroatoms. The van der Waals surface area contributed by atoms with Gasteiger partial charge >= 0.3 is 0 Å². The summed E-state index contributed by atoms with van der Waals surface area (Å²) in [6, 6.07) is 3.95. The average molecular weight is 329 g/mol. The molecule has 22 heavy (non-hydrogen) atoms. The Morgan fingerprint density at radius 2 is 1.82 bits per heavy atom. The SMILES string of the molecule is CSc1cc(C)c(C(=O)C(=N)C2=CC=CCC=C2)cc1SC. The van der Waals surface area contributed by atoms with Crippen molar-refractivity contribution in [2.75, 3.05) is 12.5 Å². The number of Topliss-reactive ketones (excluding diaryl/α,β-unsaturated/α-hetero) is 1. The fourth-order valence-corrected chi connectivity index (χ4v) is 3.79. The minimum absolute atomic E-state index is 0.0508. The van der Waals surface area contributed by atoms with Crippen LogP contribution in [-0.2, 0) is 0 Å². The van der Waals surface area contributed by atoms with Crippen molar-refractivity contribution in [2.45, 2.75) is 23.1 Å². The van der Waals surface area contributed by atoms with Gasteiger partial charge in [0, 0.05) is 20.9 Å². The third-order valence-corrected chi connectivity index (χ3v) is 5.16. The summed E-state index contributed by atoms with van der Waals surface area (Å²) < 4.78 is 0. The van der Waals surface area contributed by atoms with Crippen LogP contribution in [0.3, 0.4) is 0 Å². The van der Waals surface area contributed by atoms with Crippen LogP contribution in [0.1, 0.15) is 22.3 Å². The first kappa shape index (κ1) is 16.8. The Morgan fingerprint density at radius 1 is 1.14 bits per heavy atom. The highest BCUT2D eigenvalue weighted by molar-refractivity contribution is 8.01. The molecule has 1 aliphatic rings. The predicted octanol–water partition coefficient (Wildman–Crippen LogP) is 5.08. The normalized spacial score (nSPS) is 13.7. The summed E-state index contributed by atoms with van der Waals surface area (Å²) in [5.74, 6) is -0.216. The number of aryl methyl sites for hydroxylation is 1. The van der Waals surface area contributed by atoms with Crippen LogP contribution in [0.25, 0.3) is 0 Å². The number of hydrogen-bond donors (Lipinski definition) is 1. The molecule has 0 spiro atoms. The van der Waals surface area contributed by atoms with Crippen LogP contribution in [0.15, 0.2) is 57.9 Å². The lowest BCUT2D eigenvalue weighted by atomic mass is 9.97. The maximum atomic E-state index is 12.7. The summed E-state index contributed by atoms with van der Waals surface area (Å²) in [5, 5.41) is 8.23. The Hall–Kier alpha value is -1.52. The molecular weight excluding hydrogens is 310 g/mol. The zero-order valence-electron chi connectivity index (χ0n) is 13.0. The molecule has 1 aromatic carbocycles. The van der Waals surface area contributed by atoms with Crippen molar-refractivity contribution >= 4 is 35.0 Å². The summed E-state index contributed by atoms with van der Waals surface area (Å²) >= 11 is 3.30. The Labute approximate surface area is 140 Å². The van der Waals surface area contributed by atoms with Crippen molar-refractivity contribution in [2.24, 2.45) is 0 Å². The Kier molecular flexibility index (Phi) is 5.86. The fraction of sp³-hybridized carbons (Fsp3) is 0.222. The van der Waals surface area contributed by atoms with Crippen LogP contribution in [0.4, 0.5) is 0 Å². The lowest BCUT2D eigenvalue weighted by Gasteiger charge is -2.12. The van der Waals surface area contributed by atoms with Crippen molar-refractivity contribution in [1.82, 2.24) is 0 Å². The van der Waals surface area contributed by atoms with Crippen LogP contribution in [0.5, 0.6) is 0 Å². The molecule has 0 aromatic heterocycles.